The molecule has 0 aliphatic heterocycles. The molecule has 8 nitrogen and oxygen atoms in total. The van der Waals surface area contributed by atoms with Crippen LogP contribution in [0.25, 0.3) is 0 Å². The number of nitro groups is 1. The molecule has 30 heavy (non-hydrogen) atoms. The summed E-state index contributed by atoms with van der Waals surface area (Å²) in [7, 11) is -4.10. The summed E-state index contributed by atoms with van der Waals surface area (Å²) in [5, 5.41) is 13.8. The van der Waals surface area contributed by atoms with Crippen LogP contribution >= 0.6 is 11.8 Å². The summed E-state index contributed by atoms with van der Waals surface area (Å²) in [4.78, 5) is 23.0. The molecule has 0 saturated carbocycles. The lowest BCUT2D eigenvalue weighted by molar-refractivity contribution is -0.384. The van der Waals surface area contributed by atoms with Gasteiger partial charge in [0.25, 0.3) is 15.7 Å². The first-order valence-electron chi connectivity index (χ1n) is 9.23. The number of sulfonamides is 1. The van der Waals surface area contributed by atoms with Gasteiger partial charge in [-0.25, -0.2) is 8.42 Å². The first kappa shape index (κ1) is 23.7. The number of carbonyl (C=O) groups is 1. The van der Waals surface area contributed by atoms with Gasteiger partial charge >= 0.3 is 0 Å². The Kier molecular flexibility index (Phi) is 7.85. The number of hydrogen-bond acceptors (Lipinski definition) is 6. The Morgan fingerprint density at radius 2 is 1.80 bits per heavy atom. The molecule has 0 bridgehead atoms. The summed E-state index contributed by atoms with van der Waals surface area (Å²) in [5.41, 5.74) is -0.213. The van der Waals surface area contributed by atoms with Crippen molar-refractivity contribution in [1.29, 1.82) is 0 Å². The van der Waals surface area contributed by atoms with Crippen LogP contribution in [0.2, 0.25) is 0 Å². The highest BCUT2D eigenvalue weighted by molar-refractivity contribution is 8.00. The minimum atomic E-state index is -4.10. The van der Waals surface area contributed by atoms with Crippen molar-refractivity contribution < 1.29 is 18.1 Å². The van der Waals surface area contributed by atoms with Crippen molar-refractivity contribution in [2.75, 3.05) is 23.1 Å². The van der Waals surface area contributed by atoms with Gasteiger partial charge in [-0.1, -0.05) is 45.0 Å². The van der Waals surface area contributed by atoms with Gasteiger partial charge in [0, 0.05) is 29.2 Å². The zero-order valence-corrected chi connectivity index (χ0v) is 18.7. The molecule has 0 aliphatic rings. The smallest absolute Gasteiger partial charge is 0.271 e. The lowest BCUT2D eigenvalue weighted by Gasteiger charge is -2.24. The van der Waals surface area contributed by atoms with E-state index in [4.69, 9.17) is 0 Å². The number of carbonyl (C=O) groups excluding carboxylic acids is 1. The average molecular weight is 452 g/mol. The van der Waals surface area contributed by atoms with Gasteiger partial charge in [0.2, 0.25) is 5.91 Å². The van der Waals surface area contributed by atoms with Crippen LogP contribution in [0.3, 0.4) is 0 Å². The number of thioether (sulfide) groups is 1. The van der Waals surface area contributed by atoms with E-state index in [1.165, 1.54) is 30.3 Å². The Bertz CT molecular complexity index is 989. The Labute approximate surface area is 180 Å². The monoisotopic (exact) mass is 451 g/mol. The number of rotatable bonds is 9. The van der Waals surface area contributed by atoms with Gasteiger partial charge in [-0.2, -0.15) is 11.8 Å². The van der Waals surface area contributed by atoms with Crippen LogP contribution in [-0.2, 0) is 14.8 Å². The summed E-state index contributed by atoms with van der Waals surface area (Å²) in [6, 6.07) is 12.9. The molecule has 0 heterocycles. The molecule has 2 aromatic carbocycles. The van der Waals surface area contributed by atoms with Crippen LogP contribution in [0.4, 0.5) is 11.4 Å². The SMILES string of the molecule is CC(C)(C)SCCNC(=O)CN(c1cccc([N+](=O)[O-])c1)S(=O)(=O)c1ccccc1. The van der Waals surface area contributed by atoms with Crippen molar-refractivity contribution >= 4 is 39.1 Å². The molecule has 2 aromatic rings. The number of hydrogen-bond donors (Lipinski definition) is 1. The van der Waals surface area contributed by atoms with Crippen LogP contribution in [0.1, 0.15) is 20.8 Å². The third-order valence-corrected chi connectivity index (χ3v) is 6.97. The maximum atomic E-state index is 13.2. The average Bonchev–Trinajstić information content (AvgIpc) is 2.69. The molecule has 0 saturated heterocycles. The van der Waals surface area contributed by atoms with Gasteiger partial charge in [-0.05, 0) is 18.2 Å². The summed E-state index contributed by atoms with van der Waals surface area (Å²) in [6.45, 7) is 6.09. The molecule has 1 N–H and O–H groups in total. The van der Waals surface area contributed by atoms with Gasteiger partial charge in [-0.15, -0.1) is 0 Å². The summed E-state index contributed by atoms with van der Waals surface area (Å²) in [6.07, 6.45) is 0. The molecular weight excluding hydrogens is 426 g/mol. The molecule has 10 heteroatoms. The summed E-state index contributed by atoms with van der Waals surface area (Å²) < 4.78 is 27.3. The summed E-state index contributed by atoms with van der Waals surface area (Å²) >= 11 is 1.68. The standard InChI is InChI=1S/C20H25N3O5S2/c1-20(2,3)29-13-12-21-19(24)15-22(16-8-7-9-17(14-16)23(25)26)30(27,28)18-10-5-4-6-11-18/h4-11,14H,12-13,15H2,1-3H3,(H,21,24). The fourth-order valence-electron chi connectivity index (χ4n) is 2.53. The lowest BCUT2D eigenvalue weighted by Crippen LogP contribution is -2.41. The molecule has 0 fully saturated rings. The predicted octanol–water partition coefficient (Wildman–Crippen LogP) is 3.44. The largest absolute Gasteiger partial charge is 0.354 e. The molecule has 0 atom stereocenters. The highest BCUT2D eigenvalue weighted by Crippen LogP contribution is 2.27. The van der Waals surface area contributed by atoms with Crippen molar-refractivity contribution in [3.8, 4) is 0 Å². The van der Waals surface area contributed by atoms with E-state index in [-0.39, 0.29) is 21.0 Å². The molecule has 0 aliphatic carbocycles. The Morgan fingerprint density at radius 1 is 1.13 bits per heavy atom. The van der Waals surface area contributed by atoms with E-state index in [0.717, 1.165) is 10.4 Å². The maximum Gasteiger partial charge on any atom is 0.271 e. The highest BCUT2D eigenvalue weighted by atomic mass is 32.2. The Morgan fingerprint density at radius 3 is 2.40 bits per heavy atom. The van der Waals surface area contributed by atoms with Crippen LogP contribution in [0.5, 0.6) is 0 Å². The first-order chi connectivity index (χ1) is 14.0. The first-order valence-corrected chi connectivity index (χ1v) is 11.7. The third-order valence-electron chi connectivity index (χ3n) is 3.91. The van der Waals surface area contributed by atoms with Gasteiger partial charge in [0.05, 0.1) is 15.5 Å². The van der Waals surface area contributed by atoms with Crippen molar-refractivity contribution in [2.45, 2.75) is 30.4 Å². The minimum absolute atomic E-state index is 0.00686. The predicted molar refractivity (Wildman–Crippen MR) is 119 cm³/mol. The van der Waals surface area contributed by atoms with E-state index < -0.39 is 27.4 Å². The number of non-ortho nitro benzene ring substituents is 1. The Balaban J connectivity index is 2.27. The highest BCUT2D eigenvalue weighted by Gasteiger charge is 2.28. The van der Waals surface area contributed by atoms with Gasteiger partial charge in [0.1, 0.15) is 6.54 Å². The number of nitro benzene ring substituents is 1. The van der Waals surface area contributed by atoms with Crippen LogP contribution in [0.15, 0.2) is 59.5 Å². The fraction of sp³-hybridized carbons (Fsp3) is 0.350. The molecule has 0 radical (unpaired) electrons. The molecule has 2 rings (SSSR count). The Hall–Kier alpha value is -2.59. The van der Waals surface area contributed by atoms with Crippen LogP contribution in [0, 0.1) is 10.1 Å². The van der Waals surface area contributed by atoms with Crippen LogP contribution in [-0.4, -0.2) is 42.8 Å². The molecule has 1 amide bonds. The molecule has 0 spiro atoms. The lowest BCUT2D eigenvalue weighted by atomic mass is 10.3. The van der Waals surface area contributed by atoms with E-state index in [9.17, 15) is 23.3 Å². The zero-order chi connectivity index (χ0) is 22.4. The number of anilines is 1. The van der Waals surface area contributed by atoms with E-state index in [2.05, 4.69) is 26.1 Å². The molecule has 0 unspecified atom stereocenters. The van der Waals surface area contributed by atoms with Crippen molar-refractivity contribution in [3.63, 3.8) is 0 Å². The van der Waals surface area contributed by atoms with Gasteiger partial charge in [0.15, 0.2) is 0 Å². The fourth-order valence-corrected chi connectivity index (χ4v) is 4.78. The zero-order valence-electron chi connectivity index (χ0n) is 17.1. The minimum Gasteiger partial charge on any atom is -0.354 e. The topological polar surface area (TPSA) is 110 Å². The van der Waals surface area contributed by atoms with Gasteiger partial charge in [-0.3, -0.25) is 19.2 Å². The van der Waals surface area contributed by atoms with E-state index in [1.807, 2.05) is 0 Å². The van der Waals surface area contributed by atoms with Gasteiger partial charge < -0.3 is 5.32 Å². The number of nitrogens with one attached hydrogen (secondary N) is 1. The van der Waals surface area contributed by atoms with Crippen molar-refractivity contribution in [3.05, 3.63) is 64.7 Å². The quantitative estimate of drug-likeness (QED) is 0.355. The second kappa shape index (κ2) is 9.94. The second-order valence-corrected chi connectivity index (χ2v) is 11.2. The summed E-state index contributed by atoms with van der Waals surface area (Å²) in [5.74, 6) is 0.188. The van der Waals surface area contributed by atoms with Crippen LogP contribution < -0.4 is 9.62 Å². The van der Waals surface area contributed by atoms with E-state index >= 15 is 0 Å². The second-order valence-electron chi connectivity index (χ2n) is 7.41. The molecule has 0 aromatic heterocycles. The number of nitrogens with zero attached hydrogens (tertiary/aromatic N) is 2. The van der Waals surface area contributed by atoms with Crippen molar-refractivity contribution in [2.24, 2.45) is 0 Å². The third kappa shape index (κ3) is 6.74. The maximum absolute atomic E-state index is 13.2. The molecular formula is C20H25N3O5S2. The number of amides is 1. The van der Waals surface area contributed by atoms with E-state index in [0.29, 0.717) is 12.3 Å². The van der Waals surface area contributed by atoms with E-state index in [1.54, 1.807) is 30.0 Å². The molecule has 162 valence electrons. The van der Waals surface area contributed by atoms with Crippen molar-refractivity contribution in [1.82, 2.24) is 5.32 Å². The number of benzene rings is 2. The normalized spacial score (nSPS) is 11.7.